The number of benzene rings is 3. The Morgan fingerprint density at radius 2 is 1.73 bits per heavy atom. The molecule has 8 nitrogen and oxygen atoms in total. The van der Waals surface area contributed by atoms with Crippen LogP contribution >= 0.6 is 27.5 Å². The smallest absolute Gasteiger partial charge is 0.318 e. The van der Waals surface area contributed by atoms with Crippen molar-refractivity contribution >= 4 is 50.8 Å². The first-order chi connectivity index (χ1) is 14.2. The van der Waals surface area contributed by atoms with Gasteiger partial charge in [-0.15, -0.1) is 0 Å². The van der Waals surface area contributed by atoms with E-state index in [1.807, 2.05) is 13.0 Å². The van der Waals surface area contributed by atoms with E-state index in [1.54, 1.807) is 30.3 Å². The van der Waals surface area contributed by atoms with E-state index in [4.69, 9.17) is 16.3 Å². The van der Waals surface area contributed by atoms with Gasteiger partial charge in [-0.05, 0) is 48.9 Å². The third kappa shape index (κ3) is 5.00. The minimum Gasteiger partial charge on any atom is -0.449 e. The zero-order valence-electron chi connectivity index (χ0n) is 15.4. The Labute approximate surface area is 184 Å². The third-order valence-electron chi connectivity index (χ3n) is 4.05. The Kier molecular flexibility index (Phi) is 6.43. The van der Waals surface area contributed by atoms with Gasteiger partial charge in [-0.3, -0.25) is 25.2 Å². The van der Waals surface area contributed by atoms with Crippen LogP contribution in [0.3, 0.4) is 0 Å². The summed E-state index contributed by atoms with van der Waals surface area (Å²) in [4.78, 5) is 25.2. The van der Waals surface area contributed by atoms with E-state index in [9.17, 15) is 20.2 Å². The monoisotopic (exact) mass is 489 g/mol. The van der Waals surface area contributed by atoms with Crippen LogP contribution in [0.2, 0.25) is 5.02 Å². The number of nitrogens with zero attached hydrogens (tertiary/aromatic N) is 3. The number of hydrogen-bond donors (Lipinski definition) is 0. The summed E-state index contributed by atoms with van der Waals surface area (Å²) >= 11 is 9.49. The van der Waals surface area contributed by atoms with E-state index in [-0.39, 0.29) is 11.5 Å². The van der Waals surface area contributed by atoms with Crippen molar-refractivity contribution in [2.75, 3.05) is 0 Å². The van der Waals surface area contributed by atoms with Crippen molar-refractivity contribution in [3.8, 4) is 11.5 Å². The summed E-state index contributed by atoms with van der Waals surface area (Å²) < 4.78 is 6.47. The van der Waals surface area contributed by atoms with Gasteiger partial charge in [-0.25, -0.2) is 0 Å². The first-order valence-electron chi connectivity index (χ1n) is 8.45. The third-order valence-corrected chi connectivity index (χ3v) is 4.95. The van der Waals surface area contributed by atoms with Crippen LogP contribution in [0, 0.1) is 27.2 Å². The highest BCUT2D eigenvalue weighted by molar-refractivity contribution is 9.10. The molecule has 0 aliphatic heterocycles. The van der Waals surface area contributed by atoms with Gasteiger partial charge in [0.1, 0.15) is 5.75 Å². The summed E-state index contributed by atoms with van der Waals surface area (Å²) in [6.07, 6.45) is 1.54. The lowest BCUT2D eigenvalue weighted by molar-refractivity contribution is -0.394. The van der Waals surface area contributed by atoms with Crippen LogP contribution in [-0.2, 0) is 0 Å². The van der Waals surface area contributed by atoms with Crippen molar-refractivity contribution in [2.45, 2.75) is 6.92 Å². The normalized spacial score (nSPS) is 10.9. The van der Waals surface area contributed by atoms with Crippen LogP contribution in [0.4, 0.5) is 17.1 Å². The van der Waals surface area contributed by atoms with Gasteiger partial charge in [0.15, 0.2) is 0 Å². The van der Waals surface area contributed by atoms with Crippen molar-refractivity contribution in [1.82, 2.24) is 0 Å². The Bertz CT molecular complexity index is 1180. The van der Waals surface area contributed by atoms with E-state index in [1.165, 1.54) is 12.3 Å². The largest absolute Gasteiger partial charge is 0.449 e. The second kappa shape index (κ2) is 9.02. The number of aliphatic imine (C=N–C) groups is 1. The number of non-ortho nitro benzene ring substituents is 1. The van der Waals surface area contributed by atoms with Crippen LogP contribution in [0.25, 0.3) is 0 Å². The number of ether oxygens (including phenoxy) is 1. The molecule has 0 saturated heterocycles. The van der Waals surface area contributed by atoms with E-state index in [2.05, 4.69) is 20.9 Å². The Balaban J connectivity index is 1.98. The molecule has 0 unspecified atom stereocenters. The highest BCUT2D eigenvalue weighted by atomic mass is 79.9. The zero-order chi connectivity index (χ0) is 21.8. The molecular formula is C20H13BrClN3O5. The first kappa shape index (κ1) is 21.4. The standard InChI is InChI=1S/C20H13BrClN3O5/c1-12-2-4-15(9-17(12)22)23-11-13-8-14(21)3-6-19(13)30-20-7-5-16(24(26)27)10-18(20)25(28)29/h2-11H,1H3. The van der Waals surface area contributed by atoms with Crippen LogP contribution in [0.5, 0.6) is 11.5 Å². The van der Waals surface area contributed by atoms with E-state index in [0.717, 1.165) is 22.2 Å². The Morgan fingerprint density at radius 1 is 1.00 bits per heavy atom. The molecule has 0 atom stereocenters. The van der Waals surface area contributed by atoms with Crippen molar-refractivity contribution in [3.05, 3.63) is 95.4 Å². The summed E-state index contributed by atoms with van der Waals surface area (Å²) in [5, 5.41) is 22.8. The van der Waals surface area contributed by atoms with Gasteiger partial charge in [0, 0.05) is 27.3 Å². The second-order valence-electron chi connectivity index (χ2n) is 6.14. The van der Waals surface area contributed by atoms with Crippen LogP contribution in [0.1, 0.15) is 11.1 Å². The maximum atomic E-state index is 11.4. The Hall–Kier alpha value is -3.30. The fourth-order valence-corrected chi connectivity index (χ4v) is 3.04. The molecule has 0 amide bonds. The molecule has 0 aliphatic carbocycles. The van der Waals surface area contributed by atoms with Crippen molar-refractivity contribution in [2.24, 2.45) is 4.99 Å². The van der Waals surface area contributed by atoms with Crippen molar-refractivity contribution in [1.29, 1.82) is 0 Å². The maximum absolute atomic E-state index is 11.4. The molecule has 0 heterocycles. The predicted octanol–water partition coefficient (Wildman–Crippen LogP) is 6.77. The first-order valence-corrected chi connectivity index (χ1v) is 9.62. The lowest BCUT2D eigenvalue weighted by Gasteiger charge is -2.09. The highest BCUT2D eigenvalue weighted by Crippen LogP contribution is 2.36. The van der Waals surface area contributed by atoms with Gasteiger partial charge in [-0.1, -0.05) is 33.6 Å². The molecule has 0 saturated carbocycles. The highest BCUT2D eigenvalue weighted by Gasteiger charge is 2.21. The number of nitro benzene ring substituents is 2. The molecule has 0 aliphatic rings. The average molecular weight is 491 g/mol. The molecule has 152 valence electrons. The molecule has 0 fully saturated rings. The quantitative estimate of drug-likeness (QED) is 0.215. The predicted molar refractivity (Wildman–Crippen MR) is 117 cm³/mol. The summed E-state index contributed by atoms with van der Waals surface area (Å²) in [7, 11) is 0. The number of aryl methyl sites for hydroxylation is 1. The molecule has 10 heteroatoms. The molecule has 0 bridgehead atoms. The van der Waals surface area contributed by atoms with Gasteiger partial charge in [0.2, 0.25) is 5.75 Å². The van der Waals surface area contributed by atoms with Gasteiger partial charge in [0.25, 0.3) is 5.69 Å². The van der Waals surface area contributed by atoms with E-state index in [0.29, 0.717) is 16.3 Å². The molecule has 0 N–H and O–H groups in total. The van der Waals surface area contributed by atoms with Gasteiger partial charge in [-0.2, -0.15) is 0 Å². The molecule has 3 aromatic rings. The molecule has 3 aromatic carbocycles. The Morgan fingerprint density at radius 3 is 2.40 bits per heavy atom. The molecular weight excluding hydrogens is 478 g/mol. The number of halogens is 2. The molecule has 3 rings (SSSR count). The van der Waals surface area contributed by atoms with Gasteiger partial charge < -0.3 is 4.74 Å². The van der Waals surface area contributed by atoms with Crippen LogP contribution < -0.4 is 4.74 Å². The van der Waals surface area contributed by atoms with Crippen molar-refractivity contribution < 1.29 is 14.6 Å². The van der Waals surface area contributed by atoms with Gasteiger partial charge in [0.05, 0.1) is 21.6 Å². The fourth-order valence-electron chi connectivity index (χ4n) is 2.49. The molecule has 0 aromatic heterocycles. The fraction of sp³-hybridized carbons (Fsp3) is 0.0500. The average Bonchev–Trinajstić information content (AvgIpc) is 2.70. The molecule has 0 radical (unpaired) electrons. The summed E-state index contributed by atoms with van der Waals surface area (Å²) in [6.45, 7) is 1.88. The lowest BCUT2D eigenvalue weighted by Crippen LogP contribution is -1.97. The molecule has 30 heavy (non-hydrogen) atoms. The topological polar surface area (TPSA) is 108 Å². The maximum Gasteiger partial charge on any atom is 0.318 e. The van der Waals surface area contributed by atoms with Crippen LogP contribution in [-0.4, -0.2) is 16.1 Å². The van der Waals surface area contributed by atoms with Gasteiger partial charge >= 0.3 is 5.69 Å². The number of nitro groups is 2. The zero-order valence-corrected chi connectivity index (χ0v) is 17.8. The van der Waals surface area contributed by atoms with Crippen LogP contribution in [0.15, 0.2) is 64.1 Å². The lowest BCUT2D eigenvalue weighted by atomic mass is 10.2. The minimum atomic E-state index is -0.733. The second-order valence-corrected chi connectivity index (χ2v) is 7.47. The SMILES string of the molecule is Cc1ccc(N=Cc2cc(Br)ccc2Oc2ccc([N+](=O)[O-])cc2[N+](=O)[O-])cc1Cl. The van der Waals surface area contributed by atoms with E-state index < -0.39 is 21.2 Å². The van der Waals surface area contributed by atoms with Crippen molar-refractivity contribution in [3.63, 3.8) is 0 Å². The number of hydrogen-bond acceptors (Lipinski definition) is 6. The summed E-state index contributed by atoms with van der Waals surface area (Å²) in [5.74, 6) is 0.165. The minimum absolute atomic E-state index is 0.124. The summed E-state index contributed by atoms with van der Waals surface area (Å²) in [6, 6.07) is 13.6. The van der Waals surface area contributed by atoms with E-state index >= 15 is 0 Å². The number of rotatable bonds is 6. The summed E-state index contributed by atoms with van der Waals surface area (Å²) in [5.41, 5.74) is 1.17. The molecule has 0 spiro atoms.